The van der Waals surface area contributed by atoms with Gasteiger partial charge in [0.1, 0.15) is 23.3 Å². The highest BCUT2D eigenvalue weighted by molar-refractivity contribution is 5.18. The van der Waals surface area contributed by atoms with Crippen molar-refractivity contribution >= 4 is 0 Å². The van der Waals surface area contributed by atoms with Gasteiger partial charge in [0.05, 0.1) is 13.2 Å². The fourth-order valence-corrected chi connectivity index (χ4v) is 1.30. The van der Waals surface area contributed by atoms with Crippen molar-refractivity contribution in [2.75, 3.05) is 0 Å². The minimum Gasteiger partial charge on any atom is -0.392 e. The molecule has 108 valence electrons. The minimum absolute atomic E-state index is 0.112. The van der Waals surface area contributed by atoms with Crippen molar-refractivity contribution in [3.05, 3.63) is 70.8 Å². The molecule has 0 aliphatic carbocycles. The molecule has 0 saturated heterocycles. The summed E-state index contributed by atoms with van der Waals surface area (Å²) >= 11 is 0. The van der Waals surface area contributed by atoms with Crippen LogP contribution in [-0.2, 0) is 13.2 Å². The first kappa shape index (κ1) is 16.1. The summed E-state index contributed by atoms with van der Waals surface area (Å²) in [6.07, 6.45) is 0. The van der Waals surface area contributed by atoms with Gasteiger partial charge in [0.25, 0.3) is 0 Å². The maximum atomic E-state index is 12.5. The smallest absolute Gasteiger partial charge is 0.131 e. The molecule has 0 unspecified atom stereocenters. The summed E-state index contributed by atoms with van der Waals surface area (Å²) in [4.78, 5) is 0. The molecule has 0 aliphatic rings. The van der Waals surface area contributed by atoms with Gasteiger partial charge in [-0.1, -0.05) is 12.1 Å². The second-order valence-corrected chi connectivity index (χ2v) is 3.79. The molecule has 0 saturated carbocycles. The van der Waals surface area contributed by atoms with Crippen LogP contribution in [0, 0.1) is 23.3 Å². The third kappa shape index (κ3) is 4.64. The van der Waals surface area contributed by atoms with E-state index in [1.165, 1.54) is 12.1 Å². The van der Waals surface area contributed by atoms with Crippen LogP contribution >= 0.6 is 0 Å². The summed E-state index contributed by atoms with van der Waals surface area (Å²) in [5, 5.41) is 16.9. The van der Waals surface area contributed by atoms with Crippen molar-refractivity contribution in [1.29, 1.82) is 0 Å². The Hall–Kier alpha value is -1.92. The zero-order valence-corrected chi connectivity index (χ0v) is 10.3. The fourth-order valence-electron chi connectivity index (χ4n) is 1.30. The highest BCUT2D eigenvalue weighted by Gasteiger charge is 2.01. The fraction of sp³-hybridized carbons (Fsp3) is 0.143. The van der Waals surface area contributed by atoms with E-state index in [1.807, 2.05) is 0 Å². The largest absolute Gasteiger partial charge is 0.392 e. The Labute approximate surface area is 112 Å². The van der Waals surface area contributed by atoms with Gasteiger partial charge >= 0.3 is 0 Å². The maximum absolute atomic E-state index is 12.5. The number of aliphatic hydroxyl groups is 2. The quantitative estimate of drug-likeness (QED) is 0.834. The van der Waals surface area contributed by atoms with Crippen LogP contribution in [0.4, 0.5) is 17.6 Å². The molecule has 2 N–H and O–H groups in total. The molecule has 0 spiro atoms. The van der Waals surface area contributed by atoms with Crippen LogP contribution in [-0.4, -0.2) is 10.2 Å². The lowest BCUT2D eigenvalue weighted by atomic mass is 10.2. The molecule has 20 heavy (non-hydrogen) atoms. The number of halogens is 4. The Kier molecular flexibility index (Phi) is 6.14. The molecule has 0 bridgehead atoms. The van der Waals surface area contributed by atoms with Crippen LogP contribution in [0.2, 0.25) is 0 Å². The lowest BCUT2D eigenvalue weighted by Crippen LogP contribution is -1.89. The van der Waals surface area contributed by atoms with Crippen molar-refractivity contribution < 1.29 is 27.8 Å². The molecule has 0 aliphatic heterocycles. The van der Waals surface area contributed by atoms with E-state index < -0.39 is 36.5 Å². The van der Waals surface area contributed by atoms with Gasteiger partial charge in [0.15, 0.2) is 0 Å². The number of aliphatic hydroxyl groups excluding tert-OH is 2. The van der Waals surface area contributed by atoms with Gasteiger partial charge in [0, 0.05) is 23.3 Å². The first-order valence-corrected chi connectivity index (χ1v) is 5.57. The van der Waals surface area contributed by atoms with E-state index in [0.717, 1.165) is 24.3 Å². The van der Waals surface area contributed by atoms with E-state index in [9.17, 15) is 17.6 Å². The molecule has 2 rings (SSSR count). The van der Waals surface area contributed by atoms with Gasteiger partial charge in [-0.2, -0.15) is 0 Å². The summed E-state index contributed by atoms with van der Waals surface area (Å²) in [5.74, 6) is -2.67. The third-order valence-electron chi connectivity index (χ3n) is 2.37. The van der Waals surface area contributed by atoms with Gasteiger partial charge in [-0.3, -0.25) is 0 Å². The van der Waals surface area contributed by atoms with Crippen molar-refractivity contribution in [1.82, 2.24) is 0 Å². The summed E-state index contributed by atoms with van der Waals surface area (Å²) < 4.78 is 49.2. The summed E-state index contributed by atoms with van der Waals surface area (Å²) in [6.45, 7) is -0.793. The highest BCUT2D eigenvalue weighted by atomic mass is 19.1. The average Bonchev–Trinajstić information content (AvgIpc) is 2.40. The SMILES string of the molecule is OCc1ccc(F)cc1F.OCc1ccc(F)cc1F. The molecule has 0 radical (unpaired) electrons. The number of hydrogen-bond donors (Lipinski definition) is 2. The van der Waals surface area contributed by atoms with E-state index in [1.54, 1.807) is 0 Å². The van der Waals surface area contributed by atoms with Gasteiger partial charge in [-0.15, -0.1) is 0 Å². The number of benzene rings is 2. The number of hydrogen-bond acceptors (Lipinski definition) is 2. The lowest BCUT2D eigenvalue weighted by Gasteiger charge is -1.96. The Morgan fingerprint density at radius 2 is 1.00 bits per heavy atom. The Morgan fingerprint density at radius 3 is 1.25 bits per heavy atom. The molecule has 2 nitrogen and oxygen atoms in total. The van der Waals surface area contributed by atoms with E-state index in [-0.39, 0.29) is 11.1 Å². The predicted octanol–water partition coefficient (Wildman–Crippen LogP) is 2.91. The molecule has 2 aromatic rings. The Balaban J connectivity index is 0.000000200. The van der Waals surface area contributed by atoms with E-state index in [0.29, 0.717) is 0 Å². The highest BCUT2D eigenvalue weighted by Crippen LogP contribution is 2.09. The molecular formula is C14H12F4O2. The van der Waals surface area contributed by atoms with Crippen molar-refractivity contribution in [2.45, 2.75) is 13.2 Å². The van der Waals surface area contributed by atoms with Crippen LogP contribution in [0.5, 0.6) is 0 Å². The Morgan fingerprint density at radius 1 is 0.650 bits per heavy atom. The molecule has 0 fully saturated rings. The van der Waals surface area contributed by atoms with Crippen LogP contribution in [0.15, 0.2) is 36.4 Å². The van der Waals surface area contributed by atoms with E-state index >= 15 is 0 Å². The molecule has 2 aromatic carbocycles. The predicted molar refractivity (Wildman–Crippen MR) is 64.6 cm³/mol. The second-order valence-electron chi connectivity index (χ2n) is 3.79. The van der Waals surface area contributed by atoms with Crippen molar-refractivity contribution in [2.24, 2.45) is 0 Å². The van der Waals surface area contributed by atoms with E-state index in [4.69, 9.17) is 10.2 Å². The molecule has 0 aromatic heterocycles. The molecule has 6 heteroatoms. The second kappa shape index (κ2) is 7.62. The standard InChI is InChI=1S/2C7H6F2O/c2*8-6-2-1-5(4-10)7(9)3-6/h2*1-3,10H,4H2. The first-order valence-electron chi connectivity index (χ1n) is 5.57. The van der Waals surface area contributed by atoms with Crippen LogP contribution in [0.1, 0.15) is 11.1 Å². The molecule has 0 heterocycles. The summed E-state index contributed by atoms with van der Waals surface area (Å²) in [5.41, 5.74) is 0.225. The molecule has 0 atom stereocenters. The normalized spacial score (nSPS) is 9.90. The van der Waals surface area contributed by atoms with Crippen molar-refractivity contribution in [3.63, 3.8) is 0 Å². The Bertz CT molecular complexity index is 522. The first-order chi connectivity index (χ1) is 9.47. The van der Waals surface area contributed by atoms with Crippen LogP contribution in [0.25, 0.3) is 0 Å². The molecule has 0 amide bonds. The zero-order valence-electron chi connectivity index (χ0n) is 10.3. The third-order valence-corrected chi connectivity index (χ3v) is 2.37. The minimum atomic E-state index is -0.706. The van der Waals surface area contributed by atoms with Crippen LogP contribution < -0.4 is 0 Å². The topological polar surface area (TPSA) is 40.5 Å². The van der Waals surface area contributed by atoms with E-state index in [2.05, 4.69) is 0 Å². The van der Waals surface area contributed by atoms with Gasteiger partial charge in [-0.25, -0.2) is 17.6 Å². The van der Waals surface area contributed by atoms with Gasteiger partial charge in [0.2, 0.25) is 0 Å². The zero-order chi connectivity index (χ0) is 15.1. The summed E-state index contributed by atoms with van der Waals surface area (Å²) in [6, 6.07) is 6.12. The summed E-state index contributed by atoms with van der Waals surface area (Å²) in [7, 11) is 0. The average molecular weight is 288 g/mol. The van der Waals surface area contributed by atoms with Gasteiger partial charge < -0.3 is 10.2 Å². The number of rotatable bonds is 2. The van der Waals surface area contributed by atoms with Crippen molar-refractivity contribution in [3.8, 4) is 0 Å². The molecular weight excluding hydrogens is 276 g/mol. The monoisotopic (exact) mass is 288 g/mol. The van der Waals surface area contributed by atoms with Gasteiger partial charge in [-0.05, 0) is 12.1 Å². The van der Waals surface area contributed by atoms with Crippen LogP contribution in [0.3, 0.4) is 0 Å². The lowest BCUT2D eigenvalue weighted by molar-refractivity contribution is 0.275. The maximum Gasteiger partial charge on any atom is 0.131 e.